The first kappa shape index (κ1) is 21.0. The third kappa shape index (κ3) is 4.28. The Balaban J connectivity index is 1.43. The van der Waals surface area contributed by atoms with E-state index in [-0.39, 0.29) is 48.0 Å². The summed E-state index contributed by atoms with van der Waals surface area (Å²) in [5, 5.41) is 0.424. The van der Waals surface area contributed by atoms with Gasteiger partial charge in [-0.1, -0.05) is 18.2 Å². The summed E-state index contributed by atoms with van der Waals surface area (Å²) in [6.07, 6.45) is 3.98. The lowest BCUT2D eigenvalue weighted by atomic mass is 10.1. The second-order valence-electron chi connectivity index (χ2n) is 7.04. The van der Waals surface area contributed by atoms with Gasteiger partial charge in [0.15, 0.2) is 5.43 Å². The van der Waals surface area contributed by atoms with Gasteiger partial charge in [0.25, 0.3) is 0 Å². The molecule has 7 nitrogen and oxygen atoms in total. The molecule has 160 valence electrons. The number of carbonyl (C=O) groups is 1. The van der Waals surface area contributed by atoms with Crippen LogP contribution >= 0.6 is 0 Å². The van der Waals surface area contributed by atoms with Crippen LogP contribution in [0.3, 0.4) is 0 Å². The van der Waals surface area contributed by atoms with Crippen LogP contribution in [0.25, 0.3) is 17.0 Å². The van der Waals surface area contributed by atoms with Crippen LogP contribution in [0.2, 0.25) is 0 Å². The highest BCUT2D eigenvalue weighted by atomic mass is 32.2. The zero-order chi connectivity index (χ0) is 22.0. The third-order valence-electron chi connectivity index (χ3n) is 5.10. The monoisotopic (exact) mass is 442 g/mol. The number of hydrogen-bond acceptors (Lipinski definition) is 5. The largest absolute Gasteiger partial charge is 0.463 e. The molecular weight excluding hydrogens is 423 g/mol. The maximum atomic E-state index is 13.4. The predicted molar refractivity (Wildman–Crippen MR) is 113 cm³/mol. The molecule has 2 heterocycles. The molecule has 0 aliphatic carbocycles. The Bertz CT molecular complexity index is 1320. The smallest absolute Gasteiger partial charge is 0.246 e. The van der Waals surface area contributed by atoms with Gasteiger partial charge in [-0.15, -0.1) is 0 Å². The van der Waals surface area contributed by atoms with Gasteiger partial charge in [0.2, 0.25) is 15.9 Å². The molecule has 0 spiro atoms. The van der Waals surface area contributed by atoms with Crippen LogP contribution in [-0.4, -0.2) is 49.7 Å². The molecule has 0 atom stereocenters. The van der Waals surface area contributed by atoms with Crippen molar-refractivity contribution < 1.29 is 22.0 Å². The molecule has 0 bridgehead atoms. The van der Waals surface area contributed by atoms with Crippen molar-refractivity contribution in [3.63, 3.8) is 0 Å². The lowest BCUT2D eigenvalue weighted by molar-refractivity contribution is -0.127. The van der Waals surface area contributed by atoms with Crippen molar-refractivity contribution >= 4 is 33.0 Å². The van der Waals surface area contributed by atoms with Crippen molar-refractivity contribution in [2.45, 2.75) is 4.90 Å². The fourth-order valence-electron chi connectivity index (χ4n) is 3.40. The van der Waals surface area contributed by atoms with E-state index in [4.69, 9.17) is 4.42 Å². The quantitative estimate of drug-likeness (QED) is 0.580. The Morgan fingerprint density at radius 2 is 1.77 bits per heavy atom. The van der Waals surface area contributed by atoms with E-state index in [1.54, 1.807) is 24.3 Å². The zero-order valence-electron chi connectivity index (χ0n) is 16.4. The molecular formula is C22H19FN2O5S. The molecule has 3 aromatic rings. The molecule has 31 heavy (non-hydrogen) atoms. The highest BCUT2D eigenvalue weighted by Crippen LogP contribution is 2.19. The number of nitrogens with zero attached hydrogens (tertiary/aromatic N) is 2. The topological polar surface area (TPSA) is 87.9 Å². The number of amides is 1. The van der Waals surface area contributed by atoms with Crippen LogP contribution in [0.1, 0.15) is 5.56 Å². The molecule has 0 unspecified atom stereocenters. The third-order valence-corrected chi connectivity index (χ3v) is 6.99. The first-order valence-corrected chi connectivity index (χ1v) is 11.0. The molecule has 1 aromatic heterocycles. The SMILES string of the molecule is O=C(/C=C/c1coc2ccccc2c1=O)N1CCN(S(=O)(=O)c2cccc(F)c2)CC1. The van der Waals surface area contributed by atoms with Crippen molar-refractivity contribution in [2.24, 2.45) is 0 Å². The van der Waals surface area contributed by atoms with Crippen LogP contribution in [0.4, 0.5) is 4.39 Å². The molecule has 1 amide bonds. The Kier molecular flexibility index (Phi) is 5.71. The number of benzene rings is 2. The second-order valence-corrected chi connectivity index (χ2v) is 8.97. The van der Waals surface area contributed by atoms with Crippen LogP contribution < -0.4 is 5.43 Å². The number of carbonyl (C=O) groups excluding carboxylic acids is 1. The number of hydrogen-bond donors (Lipinski definition) is 0. The minimum atomic E-state index is -3.83. The van der Waals surface area contributed by atoms with Crippen molar-refractivity contribution in [2.75, 3.05) is 26.2 Å². The van der Waals surface area contributed by atoms with Gasteiger partial charge in [0.05, 0.1) is 15.8 Å². The molecule has 0 saturated carbocycles. The molecule has 1 aliphatic heterocycles. The van der Waals surface area contributed by atoms with Gasteiger partial charge in [0.1, 0.15) is 17.7 Å². The van der Waals surface area contributed by atoms with Crippen molar-refractivity contribution in [3.05, 3.63) is 82.5 Å². The second kappa shape index (κ2) is 8.44. The maximum absolute atomic E-state index is 13.4. The van der Waals surface area contributed by atoms with Gasteiger partial charge in [0, 0.05) is 32.3 Å². The van der Waals surface area contributed by atoms with E-state index >= 15 is 0 Å². The van der Waals surface area contributed by atoms with E-state index in [0.717, 1.165) is 6.07 Å². The van der Waals surface area contributed by atoms with Gasteiger partial charge < -0.3 is 9.32 Å². The molecule has 1 fully saturated rings. The van der Waals surface area contributed by atoms with Crippen LogP contribution in [0.5, 0.6) is 0 Å². The Hall–Kier alpha value is -3.30. The van der Waals surface area contributed by atoms with Crippen LogP contribution in [-0.2, 0) is 14.8 Å². The standard InChI is InChI=1S/C22H19FN2O5S/c23-17-4-3-5-18(14-17)31(28,29)25-12-10-24(11-13-25)21(26)9-8-16-15-30-20-7-2-1-6-19(20)22(16)27/h1-9,14-15H,10-13H2/b9-8+. The van der Waals surface area contributed by atoms with E-state index in [1.165, 1.54) is 45.8 Å². The van der Waals surface area contributed by atoms with E-state index in [2.05, 4.69) is 0 Å². The Labute approximate surface area is 178 Å². The number of fused-ring (bicyclic) bond motifs is 1. The number of halogens is 1. The number of sulfonamides is 1. The average Bonchev–Trinajstić information content (AvgIpc) is 2.79. The summed E-state index contributed by atoms with van der Waals surface area (Å²) in [7, 11) is -3.83. The van der Waals surface area contributed by atoms with E-state index in [0.29, 0.717) is 11.0 Å². The van der Waals surface area contributed by atoms with Gasteiger partial charge >= 0.3 is 0 Å². The predicted octanol–water partition coefficient (Wildman–Crippen LogP) is 2.48. The van der Waals surface area contributed by atoms with E-state index in [9.17, 15) is 22.4 Å². The van der Waals surface area contributed by atoms with Gasteiger partial charge in [-0.3, -0.25) is 9.59 Å². The first-order valence-electron chi connectivity index (χ1n) is 9.59. The summed E-state index contributed by atoms with van der Waals surface area (Å²) >= 11 is 0. The molecule has 2 aromatic carbocycles. The van der Waals surface area contributed by atoms with E-state index in [1.807, 2.05) is 0 Å². The molecule has 0 N–H and O–H groups in total. The highest BCUT2D eigenvalue weighted by molar-refractivity contribution is 7.89. The minimum absolute atomic E-state index is 0.0938. The molecule has 0 radical (unpaired) electrons. The van der Waals surface area contributed by atoms with Crippen molar-refractivity contribution in [3.8, 4) is 0 Å². The fraction of sp³-hybridized carbons (Fsp3) is 0.182. The minimum Gasteiger partial charge on any atom is -0.463 e. The lowest BCUT2D eigenvalue weighted by Gasteiger charge is -2.33. The Morgan fingerprint density at radius 3 is 2.52 bits per heavy atom. The zero-order valence-corrected chi connectivity index (χ0v) is 17.2. The van der Waals surface area contributed by atoms with Gasteiger partial charge in [-0.2, -0.15) is 4.31 Å². The fourth-order valence-corrected chi connectivity index (χ4v) is 4.85. The normalized spacial score (nSPS) is 15.6. The average molecular weight is 442 g/mol. The Morgan fingerprint density at radius 1 is 1.03 bits per heavy atom. The molecule has 1 saturated heterocycles. The van der Waals surface area contributed by atoms with Crippen LogP contribution in [0, 0.1) is 5.82 Å². The summed E-state index contributed by atoms with van der Waals surface area (Å²) in [6, 6.07) is 11.7. The summed E-state index contributed by atoms with van der Waals surface area (Å²) in [6.45, 7) is 0.557. The number of rotatable bonds is 4. The van der Waals surface area contributed by atoms with Gasteiger partial charge in [-0.25, -0.2) is 12.8 Å². The van der Waals surface area contributed by atoms with Crippen LogP contribution in [0.15, 0.2) is 75.0 Å². The molecule has 1 aliphatic rings. The van der Waals surface area contributed by atoms with Crippen molar-refractivity contribution in [1.82, 2.24) is 9.21 Å². The molecule has 9 heteroatoms. The number of para-hydroxylation sites is 1. The van der Waals surface area contributed by atoms with E-state index < -0.39 is 15.8 Å². The summed E-state index contributed by atoms with van der Waals surface area (Å²) in [5.41, 5.74) is 0.475. The van der Waals surface area contributed by atoms with Gasteiger partial charge in [-0.05, 0) is 36.4 Å². The first-order chi connectivity index (χ1) is 14.9. The maximum Gasteiger partial charge on any atom is 0.246 e. The molecule has 4 rings (SSSR count). The highest BCUT2D eigenvalue weighted by Gasteiger charge is 2.29. The number of piperazine rings is 1. The summed E-state index contributed by atoms with van der Waals surface area (Å²) in [5.74, 6) is -0.964. The lowest BCUT2D eigenvalue weighted by Crippen LogP contribution is -2.50. The summed E-state index contributed by atoms with van der Waals surface area (Å²) in [4.78, 5) is 26.4. The van der Waals surface area contributed by atoms with Crippen molar-refractivity contribution in [1.29, 1.82) is 0 Å². The summed E-state index contributed by atoms with van der Waals surface area (Å²) < 4.78 is 45.4.